The van der Waals surface area contributed by atoms with Crippen LogP contribution in [0.2, 0.25) is 0 Å². The highest BCUT2D eigenvalue weighted by Crippen LogP contribution is 2.14. The van der Waals surface area contributed by atoms with Crippen LogP contribution < -0.4 is 4.74 Å². The van der Waals surface area contributed by atoms with Crippen molar-refractivity contribution in [2.24, 2.45) is 0 Å². The smallest absolute Gasteiger partial charge is 0.165 e. The standard InChI is InChI=1S/C13H9F2O/c14-11-6-10(7-12(15)8-11)9-16-13-4-2-1-3-5-13/h1-9H. The van der Waals surface area contributed by atoms with Gasteiger partial charge in [-0.25, -0.2) is 8.78 Å². The van der Waals surface area contributed by atoms with Gasteiger partial charge >= 0.3 is 0 Å². The second kappa shape index (κ2) is 4.75. The minimum Gasteiger partial charge on any atom is -0.481 e. The number of benzene rings is 2. The first-order valence-corrected chi connectivity index (χ1v) is 4.75. The molecule has 1 nitrogen and oxygen atoms in total. The van der Waals surface area contributed by atoms with Crippen LogP contribution in [0, 0.1) is 18.2 Å². The van der Waals surface area contributed by atoms with Gasteiger partial charge in [-0.1, -0.05) is 18.2 Å². The van der Waals surface area contributed by atoms with Gasteiger partial charge in [0.25, 0.3) is 0 Å². The maximum atomic E-state index is 12.8. The topological polar surface area (TPSA) is 9.23 Å². The molecule has 0 fully saturated rings. The van der Waals surface area contributed by atoms with Gasteiger partial charge in [-0.05, 0) is 24.3 Å². The lowest BCUT2D eigenvalue weighted by atomic mass is 10.2. The van der Waals surface area contributed by atoms with Crippen molar-refractivity contribution in [2.45, 2.75) is 0 Å². The van der Waals surface area contributed by atoms with E-state index in [0.717, 1.165) is 6.07 Å². The highest BCUT2D eigenvalue weighted by atomic mass is 19.1. The zero-order chi connectivity index (χ0) is 11.4. The average molecular weight is 219 g/mol. The van der Waals surface area contributed by atoms with E-state index in [1.165, 1.54) is 18.7 Å². The highest BCUT2D eigenvalue weighted by Gasteiger charge is 2.02. The van der Waals surface area contributed by atoms with Gasteiger partial charge in [0.15, 0.2) is 6.61 Å². The molecular formula is C13H9F2O. The highest BCUT2D eigenvalue weighted by molar-refractivity contribution is 5.27. The first-order chi connectivity index (χ1) is 7.74. The Bertz CT molecular complexity index is 448. The third kappa shape index (κ3) is 2.79. The molecule has 0 aromatic heterocycles. The van der Waals surface area contributed by atoms with Crippen molar-refractivity contribution in [3.63, 3.8) is 0 Å². The summed E-state index contributed by atoms with van der Waals surface area (Å²) in [5.74, 6) is -0.627. The lowest BCUT2D eigenvalue weighted by Crippen LogP contribution is -1.94. The molecule has 2 rings (SSSR count). The molecule has 0 aliphatic carbocycles. The Kier molecular flexibility index (Phi) is 3.15. The molecule has 0 atom stereocenters. The maximum absolute atomic E-state index is 12.8. The molecule has 0 spiro atoms. The predicted octanol–water partition coefficient (Wildman–Crippen LogP) is 3.55. The van der Waals surface area contributed by atoms with E-state index in [4.69, 9.17) is 4.74 Å². The maximum Gasteiger partial charge on any atom is 0.165 e. The molecule has 81 valence electrons. The van der Waals surface area contributed by atoms with E-state index in [1.807, 2.05) is 18.2 Å². The number of ether oxygens (including phenoxy) is 1. The van der Waals surface area contributed by atoms with Crippen LogP contribution in [0.3, 0.4) is 0 Å². The van der Waals surface area contributed by atoms with E-state index in [2.05, 4.69) is 0 Å². The number of hydrogen-bond acceptors (Lipinski definition) is 1. The molecule has 1 radical (unpaired) electrons. The molecule has 0 bridgehead atoms. The van der Waals surface area contributed by atoms with Crippen molar-refractivity contribution in [1.29, 1.82) is 0 Å². The molecular weight excluding hydrogens is 210 g/mol. The SMILES string of the molecule is Fc1cc(F)cc([CH]Oc2ccccc2)c1. The Labute approximate surface area is 92.3 Å². The van der Waals surface area contributed by atoms with Crippen molar-refractivity contribution in [3.05, 3.63) is 72.3 Å². The van der Waals surface area contributed by atoms with Crippen LogP contribution in [0.1, 0.15) is 5.56 Å². The van der Waals surface area contributed by atoms with Gasteiger partial charge in [0.1, 0.15) is 17.4 Å². The summed E-state index contributed by atoms with van der Waals surface area (Å²) in [5.41, 5.74) is 0.348. The van der Waals surface area contributed by atoms with E-state index in [-0.39, 0.29) is 0 Å². The van der Waals surface area contributed by atoms with Crippen molar-refractivity contribution >= 4 is 0 Å². The van der Waals surface area contributed by atoms with E-state index in [1.54, 1.807) is 12.1 Å². The van der Waals surface area contributed by atoms with Crippen molar-refractivity contribution in [3.8, 4) is 5.75 Å². The minimum atomic E-state index is -0.622. The molecule has 0 N–H and O–H groups in total. The van der Waals surface area contributed by atoms with Crippen LogP contribution in [0.4, 0.5) is 8.78 Å². The Morgan fingerprint density at radius 2 is 1.50 bits per heavy atom. The van der Waals surface area contributed by atoms with E-state index >= 15 is 0 Å². The second-order valence-electron chi connectivity index (χ2n) is 3.25. The van der Waals surface area contributed by atoms with E-state index < -0.39 is 11.6 Å². The molecule has 3 heteroatoms. The number of para-hydroxylation sites is 1. The monoisotopic (exact) mass is 219 g/mol. The summed E-state index contributed by atoms with van der Waals surface area (Å²) in [6.45, 7) is 1.31. The fraction of sp³-hybridized carbons (Fsp3) is 0. The summed E-state index contributed by atoms with van der Waals surface area (Å²) in [6.07, 6.45) is 0. The second-order valence-corrected chi connectivity index (χ2v) is 3.25. The van der Waals surface area contributed by atoms with Crippen LogP contribution in [0.5, 0.6) is 5.75 Å². The summed E-state index contributed by atoms with van der Waals surface area (Å²) in [7, 11) is 0. The Hall–Kier alpha value is -1.90. The van der Waals surface area contributed by atoms with Crippen LogP contribution in [-0.2, 0) is 0 Å². The molecule has 0 aliphatic rings. The first-order valence-electron chi connectivity index (χ1n) is 4.75. The summed E-state index contributed by atoms with van der Waals surface area (Å²) in [4.78, 5) is 0. The molecule has 0 amide bonds. The Morgan fingerprint density at radius 3 is 2.12 bits per heavy atom. The molecule has 0 heterocycles. The van der Waals surface area contributed by atoms with Gasteiger partial charge in [-0.3, -0.25) is 0 Å². The summed E-state index contributed by atoms with van der Waals surface area (Å²) in [5, 5.41) is 0. The van der Waals surface area contributed by atoms with E-state index in [0.29, 0.717) is 11.3 Å². The fourth-order valence-corrected chi connectivity index (χ4v) is 1.28. The summed E-state index contributed by atoms with van der Waals surface area (Å²) >= 11 is 0. The summed E-state index contributed by atoms with van der Waals surface area (Å²) < 4.78 is 30.9. The number of hydrogen-bond donors (Lipinski definition) is 0. The molecule has 0 saturated carbocycles. The average Bonchev–Trinajstić information content (AvgIpc) is 2.27. The van der Waals surface area contributed by atoms with Gasteiger partial charge in [0.05, 0.1) is 0 Å². The molecule has 2 aromatic carbocycles. The Morgan fingerprint density at radius 1 is 0.875 bits per heavy atom. The number of rotatable bonds is 3. The van der Waals surface area contributed by atoms with Crippen LogP contribution in [-0.4, -0.2) is 0 Å². The molecule has 0 saturated heterocycles. The van der Waals surface area contributed by atoms with Crippen LogP contribution in [0.25, 0.3) is 0 Å². The zero-order valence-corrected chi connectivity index (χ0v) is 8.36. The lowest BCUT2D eigenvalue weighted by Gasteiger charge is -2.05. The van der Waals surface area contributed by atoms with Gasteiger partial charge in [-0.2, -0.15) is 0 Å². The Balaban J connectivity index is 2.05. The van der Waals surface area contributed by atoms with Crippen molar-refractivity contribution in [2.75, 3.05) is 0 Å². The van der Waals surface area contributed by atoms with E-state index in [9.17, 15) is 8.78 Å². The predicted molar refractivity (Wildman–Crippen MR) is 56.8 cm³/mol. The van der Waals surface area contributed by atoms with Crippen molar-refractivity contribution < 1.29 is 13.5 Å². The number of halogens is 2. The van der Waals surface area contributed by atoms with Crippen LogP contribution >= 0.6 is 0 Å². The first kappa shape index (κ1) is 10.6. The zero-order valence-electron chi connectivity index (χ0n) is 8.36. The van der Waals surface area contributed by atoms with Gasteiger partial charge in [-0.15, -0.1) is 0 Å². The third-order valence-corrected chi connectivity index (χ3v) is 1.96. The largest absolute Gasteiger partial charge is 0.481 e. The fourth-order valence-electron chi connectivity index (χ4n) is 1.28. The molecule has 0 unspecified atom stereocenters. The molecule has 16 heavy (non-hydrogen) atoms. The van der Waals surface area contributed by atoms with Crippen LogP contribution in [0.15, 0.2) is 48.5 Å². The normalized spacial score (nSPS) is 10.1. The quantitative estimate of drug-likeness (QED) is 0.767. The van der Waals surface area contributed by atoms with Gasteiger partial charge in [0.2, 0.25) is 0 Å². The third-order valence-electron chi connectivity index (χ3n) is 1.96. The van der Waals surface area contributed by atoms with Gasteiger partial charge in [0, 0.05) is 11.6 Å². The minimum absolute atomic E-state index is 0.348. The molecule has 2 aromatic rings. The summed E-state index contributed by atoms with van der Waals surface area (Å²) in [6, 6.07) is 12.2. The molecule has 0 aliphatic heterocycles. The lowest BCUT2D eigenvalue weighted by molar-refractivity contribution is 0.426. The van der Waals surface area contributed by atoms with Crippen molar-refractivity contribution in [1.82, 2.24) is 0 Å². The van der Waals surface area contributed by atoms with Gasteiger partial charge < -0.3 is 4.74 Å².